The van der Waals surface area contributed by atoms with Gasteiger partial charge in [-0.1, -0.05) is 30.3 Å². The van der Waals surface area contributed by atoms with E-state index in [1.54, 1.807) is 4.31 Å². The van der Waals surface area contributed by atoms with E-state index in [4.69, 9.17) is 0 Å². The summed E-state index contributed by atoms with van der Waals surface area (Å²) in [6, 6.07) is 10.1. The molecule has 0 amide bonds. The first kappa shape index (κ1) is 13.3. The fraction of sp³-hybridized carbons (Fsp3) is 0.357. The molecule has 2 aromatic rings. The molecular weight excluding hydrogens is 274 g/mol. The Labute approximate surface area is 118 Å². The highest BCUT2D eigenvalue weighted by Gasteiger charge is 2.35. The van der Waals surface area contributed by atoms with Crippen LogP contribution in [0.5, 0.6) is 0 Å². The minimum atomic E-state index is -3.45. The number of nitrogens with one attached hydrogen (secondary N) is 1. The third-order valence-electron chi connectivity index (χ3n) is 3.70. The molecule has 1 atom stereocenters. The van der Waals surface area contributed by atoms with Gasteiger partial charge in [-0.3, -0.25) is 0 Å². The standard InChI is InChI=1S/C14H17N3O2S/c18-20(19,14-10-15-11-16-14)17-8-4-7-13(17)9-12-5-2-1-3-6-12/h1-3,5-6,10-11,13H,4,7-9H2,(H,15,16). The van der Waals surface area contributed by atoms with Gasteiger partial charge in [0.1, 0.15) is 0 Å². The summed E-state index contributed by atoms with van der Waals surface area (Å²) >= 11 is 0. The normalized spacial score (nSPS) is 20.3. The number of hydrogen-bond donors (Lipinski definition) is 1. The van der Waals surface area contributed by atoms with Gasteiger partial charge in [0.05, 0.1) is 12.5 Å². The van der Waals surface area contributed by atoms with E-state index in [0.717, 1.165) is 19.3 Å². The second kappa shape index (κ2) is 5.38. The van der Waals surface area contributed by atoms with Gasteiger partial charge in [-0.05, 0) is 24.8 Å². The van der Waals surface area contributed by atoms with Gasteiger partial charge in [-0.2, -0.15) is 4.31 Å². The van der Waals surface area contributed by atoms with Crippen LogP contribution in [-0.2, 0) is 16.4 Å². The molecule has 20 heavy (non-hydrogen) atoms. The maximum Gasteiger partial charge on any atom is 0.260 e. The van der Waals surface area contributed by atoms with Gasteiger partial charge in [-0.25, -0.2) is 13.4 Å². The van der Waals surface area contributed by atoms with Crippen molar-refractivity contribution < 1.29 is 8.42 Å². The minimum absolute atomic E-state index is 0.0331. The average Bonchev–Trinajstić information content (AvgIpc) is 3.11. The molecule has 1 aromatic carbocycles. The van der Waals surface area contributed by atoms with Crippen LogP contribution in [0.3, 0.4) is 0 Å². The van der Waals surface area contributed by atoms with Crippen LogP contribution in [0.1, 0.15) is 18.4 Å². The van der Waals surface area contributed by atoms with Crippen LogP contribution in [0.4, 0.5) is 0 Å². The number of aromatic nitrogens is 2. The van der Waals surface area contributed by atoms with E-state index in [2.05, 4.69) is 9.97 Å². The maximum absolute atomic E-state index is 12.6. The van der Waals surface area contributed by atoms with E-state index >= 15 is 0 Å². The first-order chi connectivity index (χ1) is 9.68. The first-order valence-corrected chi connectivity index (χ1v) is 8.16. The summed E-state index contributed by atoms with van der Waals surface area (Å²) in [6.07, 6.45) is 5.34. The third-order valence-corrected chi connectivity index (χ3v) is 5.57. The molecule has 1 aliphatic rings. The Hall–Kier alpha value is -1.66. The minimum Gasteiger partial charge on any atom is -0.335 e. The maximum atomic E-state index is 12.6. The Bertz CT molecular complexity index is 653. The lowest BCUT2D eigenvalue weighted by Gasteiger charge is -2.23. The molecule has 0 bridgehead atoms. The predicted octanol–water partition coefficient (Wildman–Crippen LogP) is 1.81. The van der Waals surface area contributed by atoms with Crippen LogP contribution in [0.2, 0.25) is 0 Å². The fourth-order valence-electron chi connectivity index (χ4n) is 2.73. The van der Waals surface area contributed by atoms with Crippen LogP contribution in [0.25, 0.3) is 0 Å². The zero-order valence-electron chi connectivity index (χ0n) is 11.1. The smallest absolute Gasteiger partial charge is 0.260 e. The fourth-order valence-corrected chi connectivity index (χ4v) is 4.32. The summed E-state index contributed by atoms with van der Waals surface area (Å²) in [4.78, 5) is 6.51. The number of imidazole rings is 1. The van der Waals surface area contributed by atoms with Crippen molar-refractivity contribution in [3.05, 3.63) is 48.4 Å². The quantitative estimate of drug-likeness (QED) is 0.934. The molecule has 0 radical (unpaired) electrons. The Kier molecular flexibility index (Phi) is 3.58. The summed E-state index contributed by atoms with van der Waals surface area (Å²) in [5.74, 6) is 0. The van der Waals surface area contributed by atoms with Crippen molar-refractivity contribution in [1.29, 1.82) is 0 Å². The van der Waals surface area contributed by atoms with Gasteiger partial charge in [0.15, 0.2) is 5.03 Å². The van der Waals surface area contributed by atoms with Crippen molar-refractivity contribution in [2.75, 3.05) is 6.54 Å². The van der Waals surface area contributed by atoms with Crippen LogP contribution in [0.15, 0.2) is 47.9 Å². The number of benzene rings is 1. The van der Waals surface area contributed by atoms with E-state index in [1.807, 2.05) is 30.3 Å². The summed E-state index contributed by atoms with van der Waals surface area (Å²) in [6.45, 7) is 0.582. The Morgan fingerprint density at radius 2 is 2.10 bits per heavy atom. The van der Waals surface area contributed by atoms with E-state index < -0.39 is 10.0 Å². The van der Waals surface area contributed by atoms with Crippen molar-refractivity contribution in [3.63, 3.8) is 0 Å². The molecule has 1 saturated heterocycles. The third kappa shape index (κ3) is 2.48. The van der Waals surface area contributed by atoms with Crippen molar-refractivity contribution in [1.82, 2.24) is 14.3 Å². The summed E-state index contributed by atoms with van der Waals surface area (Å²) in [7, 11) is -3.45. The highest BCUT2D eigenvalue weighted by atomic mass is 32.2. The van der Waals surface area contributed by atoms with E-state index in [0.29, 0.717) is 6.54 Å². The van der Waals surface area contributed by atoms with Crippen LogP contribution >= 0.6 is 0 Å². The van der Waals surface area contributed by atoms with Gasteiger partial charge in [-0.15, -0.1) is 0 Å². The largest absolute Gasteiger partial charge is 0.335 e. The van der Waals surface area contributed by atoms with E-state index in [-0.39, 0.29) is 11.1 Å². The molecule has 1 N–H and O–H groups in total. The Balaban J connectivity index is 1.83. The molecule has 1 aliphatic heterocycles. The first-order valence-electron chi connectivity index (χ1n) is 6.72. The average molecular weight is 291 g/mol. The van der Waals surface area contributed by atoms with Crippen molar-refractivity contribution in [3.8, 4) is 0 Å². The zero-order valence-corrected chi connectivity index (χ0v) is 11.9. The number of aromatic amines is 1. The zero-order chi connectivity index (χ0) is 14.0. The van der Waals surface area contributed by atoms with E-state index in [1.165, 1.54) is 18.1 Å². The predicted molar refractivity (Wildman–Crippen MR) is 75.6 cm³/mol. The second-order valence-corrected chi connectivity index (χ2v) is 6.88. The van der Waals surface area contributed by atoms with E-state index in [9.17, 15) is 8.42 Å². The van der Waals surface area contributed by atoms with Gasteiger partial charge in [0, 0.05) is 12.6 Å². The van der Waals surface area contributed by atoms with Gasteiger partial charge in [0.2, 0.25) is 0 Å². The summed E-state index contributed by atoms with van der Waals surface area (Å²) in [5, 5.41) is 0.178. The molecule has 2 heterocycles. The molecule has 1 fully saturated rings. The molecule has 0 spiro atoms. The highest BCUT2D eigenvalue weighted by Crippen LogP contribution is 2.27. The Morgan fingerprint density at radius 1 is 1.30 bits per heavy atom. The summed E-state index contributed by atoms with van der Waals surface area (Å²) < 4.78 is 26.7. The topological polar surface area (TPSA) is 66.1 Å². The van der Waals surface area contributed by atoms with Crippen LogP contribution in [-0.4, -0.2) is 35.3 Å². The molecule has 106 valence electrons. The molecule has 0 aliphatic carbocycles. The van der Waals surface area contributed by atoms with Gasteiger partial charge in [0.25, 0.3) is 10.0 Å². The number of nitrogens with zero attached hydrogens (tertiary/aromatic N) is 2. The molecular formula is C14H17N3O2S. The molecule has 1 aromatic heterocycles. The van der Waals surface area contributed by atoms with Gasteiger partial charge < -0.3 is 4.98 Å². The van der Waals surface area contributed by atoms with Crippen molar-refractivity contribution in [2.24, 2.45) is 0 Å². The lowest BCUT2D eigenvalue weighted by atomic mass is 10.1. The molecule has 0 saturated carbocycles. The molecule has 3 rings (SSSR count). The lowest BCUT2D eigenvalue weighted by molar-refractivity contribution is 0.384. The van der Waals surface area contributed by atoms with Crippen LogP contribution in [0, 0.1) is 0 Å². The highest BCUT2D eigenvalue weighted by molar-refractivity contribution is 7.89. The van der Waals surface area contributed by atoms with Crippen molar-refractivity contribution >= 4 is 10.0 Å². The van der Waals surface area contributed by atoms with Gasteiger partial charge >= 0.3 is 0 Å². The molecule has 6 heteroatoms. The number of sulfonamides is 1. The Morgan fingerprint density at radius 3 is 2.80 bits per heavy atom. The SMILES string of the molecule is O=S(=O)(c1cnc[nH]1)N1CCCC1Cc1ccccc1. The second-order valence-electron chi connectivity index (χ2n) is 5.02. The number of rotatable bonds is 4. The number of H-pyrrole nitrogens is 1. The summed E-state index contributed by atoms with van der Waals surface area (Å²) in [5.41, 5.74) is 1.17. The molecule has 1 unspecified atom stereocenters. The monoisotopic (exact) mass is 291 g/mol. The van der Waals surface area contributed by atoms with Crippen molar-refractivity contribution in [2.45, 2.75) is 30.3 Å². The lowest BCUT2D eigenvalue weighted by Crippen LogP contribution is -2.36. The molecule has 5 nitrogen and oxygen atoms in total. The van der Waals surface area contributed by atoms with Crippen LogP contribution < -0.4 is 0 Å². The number of hydrogen-bond acceptors (Lipinski definition) is 3.